The number of thiophene rings is 1. The Morgan fingerprint density at radius 2 is 0.872 bits per heavy atom. The van der Waals surface area contributed by atoms with Crippen molar-refractivity contribution in [3.8, 4) is 80.7 Å². The Balaban J connectivity index is 0.000000123. The van der Waals surface area contributed by atoms with Gasteiger partial charge in [-0.1, -0.05) is 72.0 Å². The van der Waals surface area contributed by atoms with Crippen molar-refractivity contribution >= 4 is 94.3 Å². The predicted octanol–water partition coefficient (Wildman–Crippen LogP) is 15.0. The number of Topliss-reactive ketones (excluding diaryl/α,β-unsaturated/α-hetero) is 1. The average Bonchev–Trinajstić information content (AvgIpc) is 1.60. The highest BCUT2D eigenvalue weighted by Gasteiger charge is 2.37. The lowest BCUT2D eigenvalue weighted by Crippen LogP contribution is -2.27. The summed E-state index contributed by atoms with van der Waals surface area (Å²) < 4.78 is 32.2. The Morgan fingerprint density at radius 3 is 1.34 bits per heavy atom. The van der Waals surface area contributed by atoms with Crippen LogP contribution in [0.15, 0.2) is 158 Å². The number of halogens is 2. The molecule has 9 aromatic heterocycles. The molecule has 0 spiro atoms. The molecule has 15 heterocycles. The van der Waals surface area contributed by atoms with Crippen molar-refractivity contribution in [1.82, 2.24) is 106 Å². The molecule has 0 atom stereocenters. The first kappa shape index (κ1) is 93.1. The van der Waals surface area contributed by atoms with E-state index in [-0.39, 0.29) is 66.2 Å². The van der Waals surface area contributed by atoms with Gasteiger partial charge in [0.2, 0.25) is 0 Å². The zero-order valence-electron chi connectivity index (χ0n) is 76.7. The fourth-order valence-corrected chi connectivity index (χ4v) is 17.6. The molecule has 0 unspecified atom stereocenters. The summed E-state index contributed by atoms with van der Waals surface area (Å²) in [7, 11) is 5.33. The van der Waals surface area contributed by atoms with Gasteiger partial charge < -0.3 is 42.9 Å². The van der Waals surface area contributed by atoms with Crippen molar-refractivity contribution in [2.75, 3.05) is 34.8 Å². The molecule has 6 aliphatic heterocycles. The number of fused-ring (bicyclic) bond motifs is 22. The molecule has 37 heteroatoms. The van der Waals surface area contributed by atoms with Crippen LogP contribution in [0.2, 0.25) is 24.7 Å². The number of amides is 4. The van der Waals surface area contributed by atoms with Crippen LogP contribution in [0.1, 0.15) is 207 Å². The Morgan fingerprint density at radius 1 is 0.474 bits per heavy atom. The molecule has 4 amide bonds. The highest BCUT2D eigenvalue weighted by atomic mass is 79.9. The van der Waals surface area contributed by atoms with E-state index in [4.69, 9.17) is 32.2 Å². The maximum atomic E-state index is 13.0. The maximum Gasteiger partial charge on any atom is 0.359 e. The number of terminal acetylenes is 1. The van der Waals surface area contributed by atoms with Crippen molar-refractivity contribution in [2.45, 2.75) is 153 Å². The molecule has 6 aliphatic rings. The van der Waals surface area contributed by atoms with Crippen LogP contribution >= 0.6 is 38.9 Å². The van der Waals surface area contributed by atoms with Crippen LogP contribution < -0.4 is 0 Å². The SMILES string of the molecule is C#Cc1ccc2c(c1)C(=O)N(C)Cc1c(C(=O)OC(C)(C)C)ncn1-2.CC(=O)c1ncn2c1CN(C)C(=O)c1sccc1-2.CCOC(=O)c1ncn2c1CN(C)C(=O)c1cc(CC)ccc1-2.CN1Cc2c(C(=O)OC(C)(C)C)ncn2-c2ccc(C#C[Si](C)(C)C)cc2C1=O.Cc1ncn2c1Cn1ncnc1-c1cc(Br)ccc1-2.Cc1ncn2c1Cn1ncnc1-c1cc(Cl)ccc1-2. The zero-order chi connectivity index (χ0) is 95.3. The van der Waals surface area contributed by atoms with Gasteiger partial charge in [0.1, 0.15) is 67.8 Å². The summed E-state index contributed by atoms with van der Waals surface area (Å²) in [5.41, 5.74) is 21.4. The second-order valence-corrected chi connectivity index (χ2v) is 42.1. The number of esters is 3. The smallest absolute Gasteiger partial charge is 0.359 e. The summed E-state index contributed by atoms with van der Waals surface area (Å²) >= 11 is 11.0. The summed E-state index contributed by atoms with van der Waals surface area (Å²) in [5, 5.41) is 11.2. The monoisotopic (exact) mass is 1910 g/mol. The highest BCUT2D eigenvalue weighted by molar-refractivity contribution is 9.10. The quantitative estimate of drug-likeness (QED) is 0.0490. The van der Waals surface area contributed by atoms with Crippen LogP contribution in [0.25, 0.3) is 56.9 Å². The van der Waals surface area contributed by atoms with Crippen molar-refractivity contribution in [3.63, 3.8) is 0 Å². The van der Waals surface area contributed by atoms with E-state index in [0.29, 0.717) is 92.5 Å². The molecule has 133 heavy (non-hydrogen) atoms. The first-order chi connectivity index (χ1) is 63.2. The van der Waals surface area contributed by atoms with Crippen LogP contribution in [0, 0.1) is 37.7 Å². The van der Waals surface area contributed by atoms with E-state index in [2.05, 4.69) is 124 Å². The van der Waals surface area contributed by atoms with Gasteiger partial charge >= 0.3 is 17.9 Å². The summed E-state index contributed by atoms with van der Waals surface area (Å²) in [6.07, 6.45) is 19.5. The van der Waals surface area contributed by atoms with Crippen LogP contribution in [0.3, 0.4) is 0 Å². The third kappa shape index (κ3) is 19.2. The number of imidazole rings is 6. The molecule has 0 saturated heterocycles. The lowest BCUT2D eigenvalue weighted by Gasteiger charge is -2.20. The van der Waals surface area contributed by atoms with Crippen LogP contribution in [-0.2, 0) is 59.9 Å². The largest absolute Gasteiger partial charge is 0.461 e. The number of carbonyl (C=O) groups is 8. The van der Waals surface area contributed by atoms with E-state index < -0.39 is 37.2 Å². The minimum atomic E-state index is -1.53. The van der Waals surface area contributed by atoms with Crippen molar-refractivity contribution < 1.29 is 52.6 Å². The first-order valence-corrected chi connectivity index (χ1v) is 48.1. The number of benzene rings is 5. The molecule has 0 aliphatic carbocycles. The van der Waals surface area contributed by atoms with Gasteiger partial charge in [0.25, 0.3) is 23.6 Å². The summed E-state index contributed by atoms with van der Waals surface area (Å²) in [4.78, 5) is 141. The molecule has 0 radical (unpaired) electrons. The van der Waals surface area contributed by atoms with E-state index >= 15 is 0 Å². The minimum absolute atomic E-state index is 0.0156. The summed E-state index contributed by atoms with van der Waals surface area (Å²) in [6.45, 7) is 29.5. The van der Waals surface area contributed by atoms with E-state index in [9.17, 15) is 38.4 Å². The Bertz CT molecular complexity index is 7000. The molecule has 0 N–H and O–H groups in total. The van der Waals surface area contributed by atoms with Crippen LogP contribution in [-0.4, -0.2) is 208 Å². The van der Waals surface area contributed by atoms with E-state index in [0.717, 1.165) is 96.0 Å². The number of aromatic nitrogens is 18. The molecule has 5 aromatic carbocycles. The van der Waals surface area contributed by atoms with Gasteiger partial charge in [-0.3, -0.25) is 42.2 Å². The molecule has 0 bridgehead atoms. The molecule has 14 aromatic rings. The van der Waals surface area contributed by atoms with Crippen LogP contribution in [0.4, 0.5) is 0 Å². The lowest BCUT2D eigenvalue weighted by atomic mass is 10.1. The maximum absolute atomic E-state index is 13.0. The molecular formula is C96H96BrClN22O11SSi. The highest BCUT2D eigenvalue weighted by Crippen LogP contribution is 2.38. The van der Waals surface area contributed by atoms with Gasteiger partial charge in [0, 0.05) is 66.9 Å². The van der Waals surface area contributed by atoms with Crippen LogP contribution in [0.5, 0.6) is 0 Å². The molecule has 33 nitrogen and oxygen atoms in total. The molecule has 680 valence electrons. The molecular weight excluding hydrogens is 1810 g/mol. The number of aryl methyl sites for hydroxylation is 3. The number of ether oxygens (including phenoxy) is 3. The second-order valence-electron chi connectivity index (χ2n) is 35.1. The van der Waals surface area contributed by atoms with E-state index in [1.54, 1.807) is 130 Å². The number of hydrogen-bond acceptors (Lipinski definition) is 22. The van der Waals surface area contributed by atoms with Gasteiger partial charge in [0.05, 0.1) is 155 Å². The average molecular weight is 1910 g/mol. The normalized spacial score (nSPS) is 13.3. The molecule has 0 fully saturated rings. The molecule has 20 rings (SSSR count). The number of hydrogen-bond donors (Lipinski definition) is 0. The van der Waals surface area contributed by atoms with Gasteiger partial charge in [0.15, 0.2) is 34.5 Å². The summed E-state index contributed by atoms with van der Waals surface area (Å²) in [6, 6.07) is 30.5. The Labute approximate surface area is 785 Å². The van der Waals surface area contributed by atoms with E-state index in [1.807, 2.05) is 145 Å². The molecule has 0 saturated carbocycles. The third-order valence-corrected chi connectivity index (χ3v) is 24.6. The van der Waals surface area contributed by atoms with Gasteiger partial charge in [-0.2, -0.15) is 10.2 Å². The number of rotatable bonds is 6. The second kappa shape index (κ2) is 37.3. The van der Waals surface area contributed by atoms with Gasteiger partial charge in [-0.05, 0) is 171 Å². The van der Waals surface area contributed by atoms with Gasteiger partial charge in [-0.15, -0.1) is 23.3 Å². The number of ketones is 1. The van der Waals surface area contributed by atoms with Crippen molar-refractivity contribution in [3.05, 3.63) is 269 Å². The minimum Gasteiger partial charge on any atom is -0.461 e. The topological polar surface area (TPSA) is 346 Å². The zero-order valence-corrected chi connectivity index (χ0v) is 80.8. The number of nitrogens with zero attached hydrogens (tertiary/aromatic N) is 22. The standard InChI is InChI=1S/C22H27N3O3Si.C19H19N3O3.C17H19N3O3.C13H10BrN5.C13H10ClN5.C12H11N3O2S/c1-22(2,3)28-21(27)19-18-13-24(4)20(26)16-12-15(10-11-29(5,6)7)8-9-17(16)25(18)14-23-19;1-6-12-7-8-14-13(9-12)17(23)21(5)10-15-16(20-11-22(14)15)18(24)25-19(2,3)4;1-4-11-6-7-13-12(8-11)16(21)19(3)9-14-15(17(22)23-5-2)18-10-20(13)14;2*1-8-12-5-19-13(15-6-17-19)10-4-9(14)2-3-11(10)18(12)7-16-8;1-7(16)10-9-5-14(2)12(17)11-8(3-4-18-11)15(9)6-13-10/h8-9,12,14H,13H2,1-7H3;1,7-9,11H,10H2,2-5H3;6-8,10H,4-5,9H2,1-3H3;2*2-4,6-7H,5H2,1H3;3-4,6H,5H2,1-2H3. The predicted molar refractivity (Wildman–Crippen MR) is 505 cm³/mol. The fourth-order valence-electron chi connectivity index (χ4n) is 15.6. The van der Waals surface area contributed by atoms with E-state index in [1.165, 1.54) is 29.5 Å². The summed E-state index contributed by atoms with van der Waals surface area (Å²) in [5.74, 6) is 5.57. The Hall–Kier alpha value is -14.6. The lowest BCUT2D eigenvalue weighted by molar-refractivity contribution is 0.00488. The van der Waals surface area contributed by atoms with Crippen molar-refractivity contribution in [1.29, 1.82) is 0 Å². The van der Waals surface area contributed by atoms with Gasteiger partial charge in [-0.25, -0.2) is 63.6 Å². The van der Waals surface area contributed by atoms with Crippen molar-refractivity contribution in [2.24, 2.45) is 0 Å². The fraction of sp³-hybridized carbons (Fsp3) is 0.292. The first-order valence-electron chi connectivity index (χ1n) is 42.5. The third-order valence-electron chi connectivity index (χ3n) is 22.1. The Kier molecular flexibility index (Phi) is 26.1. The number of carbonyl (C=O) groups excluding carboxylic acids is 8.